The predicted molar refractivity (Wildman–Crippen MR) is 128 cm³/mol. The highest BCUT2D eigenvalue weighted by molar-refractivity contribution is 5.80. The number of likely N-dealkylation sites (tertiary alicyclic amines) is 1. The van der Waals surface area contributed by atoms with E-state index in [1.165, 1.54) is 29.8 Å². The molecule has 0 bridgehead atoms. The van der Waals surface area contributed by atoms with Gasteiger partial charge in [0.15, 0.2) is 6.17 Å². The van der Waals surface area contributed by atoms with Gasteiger partial charge in [0.1, 0.15) is 17.2 Å². The minimum Gasteiger partial charge on any atom is -1.00 e. The van der Waals surface area contributed by atoms with E-state index in [1.54, 1.807) is 24.3 Å². The van der Waals surface area contributed by atoms with Gasteiger partial charge in [-0.15, -0.1) is 0 Å². The fourth-order valence-corrected chi connectivity index (χ4v) is 5.70. The lowest BCUT2D eigenvalue weighted by Gasteiger charge is -2.40. The molecule has 0 spiro atoms. The van der Waals surface area contributed by atoms with Crippen LogP contribution < -0.4 is 29.3 Å². The van der Waals surface area contributed by atoms with Crippen LogP contribution in [0.3, 0.4) is 0 Å². The molecular weight excluding hydrogens is 559 g/mol. The molecule has 0 saturated carbocycles. The predicted octanol–water partition coefficient (Wildman–Crippen LogP) is 2.05. The van der Waals surface area contributed by atoms with Gasteiger partial charge in [0.2, 0.25) is 0 Å². The van der Waals surface area contributed by atoms with E-state index < -0.39 is 5.54 Å². The summed E-state index contributed by atoms with van der Waals surface area (Å²) >= 11 is 0. The molecule has 4 nitrogen and oxygen atoms in total. The van der Waals surface area contributed by atoms with E-state index in [9.17, 15) is 13.6 Å². The SMILES string of the molecule is C[N@+]1(CCc2ccccc2)CCCC1N1CC(c2ccc(F)cc2)(c2ccc(F)cc2)NC1=O.[I-]. The molecule has 0 aliphatic carbocycles. The molecule has 2 heterocycles. The highest BCUT2D eigenvalue weighted by Gasteiger charge is 2.53. The molecule has 2 aliphatic heterocycles. The number of rotatable bonds is 6. The summed E-state index contributed by atoms with van der Waals surface area (Å²) in [5.41, 5.74) is 2.00. The van der Waals surface area contributed by atoms with Crippen LogP contribution in [0.15, 0.2) is 78.9 Å². The number of carbonyl (C=O) groups excluding carboxylic acids is 1. The van der Waals surface area contributed by atoms with Crippen LogP contribution in [0.2, 0.25) is 0 Å². The van der Waals surface area contributed by atoms with Crippen LogP contribution in [0.4, 0.5) is 13.6 Å². The summed E-state index contributed by atoms with van der Waals surface area (Å²) in [6.07, 6.45) is 2.98. The van der Waals surface area contributed by atoms with Gasteiger partial charge in [0.25, 0.3) is 0 Å². The zero-order valence-electron chi connectivity index (χ0n) is 19.8. The Morgan fingerprint density at radius 1 is 0.943 bits per heavy atom. The largest absolute Gasteiger partial charge is 1.00 e. The van der Waals surface area contributed by atoms with Crippen molar-refractivity contribution in [2.45, 2.75) is 31.0 Å². The highest BCUT2D eigenvalue weighted by Crippen LogP contribution is 2.39. The Morgan fingerprint density at radius 2 is 1.51 bits per heavy atom. The Balaban J connectivity index is 0.00000289. The number of nitrogens with one attached hydrogen (secondary N) is 1. The van der Waals surface area contributed by atoms with Crippen LogP contribution in [0.25, 0.3) is 0 Å². The van der Waals surface area contributed by atoms with Crippen molar-refractivity contribution < 1.29 is 42.0 Å². The van der Waals surface area contributed by atoms with E-state index in [4.69, 9.17) is 0 Å². The molecule has 2 saturated heterocycles. The molecule has 2 atom stereocenters. The second-order valence-corrected chi connectivity index (χ2v) is 9.76. The zero-order valence-corrected chi connectivity index (χ0v) is 21.9. The first-order valence-electron chi connectivity index (χ1n) is 11.9. The summed E-state index contributed by atoms with van der Waals surface area (Å²) in [6, 6.07) is 22.8. The van der Waals surface area contributed by atoms with Crippen LogP contribution in [0.5, 0.6) is 0 Å². The Hall–Kier alpha value is -2.52. The maximum Gasteiger partial charge on any atom is 0.323 e. The number of quaternary nitrogens is 1. The molecule has 3 aromatic carbocycles. The van der Waals surface area contributed by atoms with Gasteiger partial charge in [0, 0.05) is 19.3 Å². The van der Waals surface area contributed by atoms with Crippen molar-refractivity contribution in [2.75, 3.05) is 26.7 Å². The number of nitrogens with zero attached hydrogens (tertiary/aromatic N) is 2. The smallest absolute Gasteiger partial charge is 0.323 e. The molecule has 1 N–H and O–H groups in total. The second-order valence-electron chi connectivity index (χ2n) is 9.76. The van der Waals surface area contributed by atoms with Gasteiger partial charge in [0.05, 0.1) is 26.7 Å². The van der Waals surface area contributed by atoms with Crippen molar-refractivity contribution >= 4 is 6.03 Å². The van der Waals surface area contributed by atoms with Crippen LogP contribution >= 0.6 is 0 Å². The maximum atomic E-state index is 13.7. The Bertz CT molecular complexity index is 1110. The fourth-order valence-electron chi connectivity index (χ4n) is 5.70. The zero-order chi connectivity index (χ0) is 23.8. The van der Waals surface area contributed by atoms with Gasteiger partial charge < -0.3 is 33.8 Å². The first kappa shape index (κ1) is 25.6. The minimum atomic E-state index is -0.870. The van der Waals surface area contributed by atoms with Gasteiger partial charge in [-0.2, -0.15) is 0 Å². The molecule has 1 unspecified atom stereocenters. The van der Waals surface area contributed by atoms with E-state index in [2.05, 4.69) is 36.6 Å². The number of halogens is 3. The Labute approximate surface area is 222 Å². The van der Waals surface area contributed by atoms with E-state index in [1.807, 2.05) is 11.0 Å². The monoisotopic (exact) mass is 589 g/mol. The molecule has 2 aliphatic rings. The first-order chi connectivity index (χ1) is 16.4. The molecule has 7 heteroatoms. The van der Waals surface area contributed by atoms with Crippen molar-refractivity contribution in [3.05, 3.63) is 107 Å². The van der Waals surface area contributed by atoms with Gasteiger partial charge >= 0.3 is 6.03 Å². The third kappa shape index (κ3) is 4.93. The minimum absolute atomic E-state index is 0. The molecule has 184 valence electrons. The van der Waals surface area contributed by atoms with Gasteiger partial charge in [-0.05, 0) is 41.0 Å². The molecule has 2 fully saturated rings. The quantitative estimate of drug-likeness (QED) is 0.347. The molecule has 3 aromatic rings. The Kier molecular flexibility index (Phi) is 7.47. The van der Waals surface area contributed by atoms with Crippen LogP contribution in [0.1, 0.15) is 29.5 Å². The van der Waals surface area contributed by atoms with Gasteiger partial charge in [-0.25, -0.2) is 13.6 Å². The second kappa shape index (κ2) is 10.2. The number of amides is 2. The molecule has 5 rings (SSSR count). The van der Waals surface area contributed by atoms with Crippen LogP contribution in [-0.4, -0.2) is 48.3 Å². The molecule has 0 aromatic heterocycles. The van der Waals surface area contributed by atoms with Crippen LogP contribution in [-0.2, 0) is 12.0 Å². The van der Waals surface area contributed by atoms with Crippen molar-refractivity contribution in [3.63, 3.8) is 0 Å². The van der Waals surface area contributed by atoms with Gasteiger partial charge in [-0.3, -0.25) is 4.90 Å². The standard InChI is InChI=1S/C28H29F2N3O.HI/c1-33(19-17-21-6-3-2-4-7-21)18-5-8-26(33)32-20-28(31-27(32)34,22-9-13-24(29)14-10-22)23-11-15-25(30)16-12-23;/h2-4,6-7,9-16,26H,5,8,17-20H2,1H3;1H/t26?,33-;/m1./s1. The lowest BCUT2D eigenvalue weighted by molar-refractivity contribution is -0.930. The average Bonchev–Trinajstić information content (AvgIpc) is 3.40. The number of likely N-dealkylation sites (N-methyl/N-ethyl adjacent to an activating group) is 1. The van der Waals surface area contributed by atoms with E-state index >= 15 is 0 Å². The lowest BCUT2D eigenvalue weighted by Crippen LogP contribution is -3.00. The van der Waals surface area contributed by atoms with Crippen LogP contribution in [0, 0.1) is 11.6 Å². The number of carbonyl (C=O) groups is 1. The molecule has 2 amide bonds. The fraction of sp³-hybridized carbons (Fsp3) is 0.321. The van der Waals surface area contributed by atoms with Crippen molar-refractivity contribution in [1.29, 1.82) is 0 Å². The summed E-state index contributed by atoms with van der Waals surface area (Å²) in [5, 5.41) is 3.21. The van der Waals surface area contributed by atoms with Crippen molar-refractivity contribution in [3.8, 4) is 0 Å². The number of hydrogen-bond acceptors (Lipinski definition) is 1. The maximum absolute atomic E-state index is 13.7. The third-order valence-corrected chi connectivity index (χ3v) is 7.63. The Morgan fingerprint density at radius 3 is 2.09 bits per heavy atom. The summed E-state index contributed by atoms with van der Waals surface area (Å²) in [7, 11) is 2.24. The van der Waals surface area contributed by atoms with E-state index in [0.29, 0.717) is 6.54 Å². The number of urea groups is 1. The average molecular weight is 589 g/mol. The van der Waals surface area contributed by atoms with E-state index in [0.717, 1.165) is 48.0 Å². The van der Waals surface area contributed by atoms with Crippen molar-refractivity contribution in [2.24, 2.45) is 0 Å². The summed E-state index contributed by atoms with van der Waals surface area (Å²) in [6.45, 7) is 2.37. The number of benzene rings is 3. The van der Waals surface area contributed by atoms with E-state index in [-0.39, 0.29) is 47.8 Å². The van der Waals surface area contributed by atoms with Crippen molar-refractivity contribution in [1.82, 2.24) is 10.2 Å². The summed E-state index contributed by atoms with van der Waals surface area (Å²) in [5.74, 6) is -0.666. The molecular formula is C28H30F2IN3O. The normalized spacial score (nSPS) is 23.1. The lowest BCUT2D eigenvalue weighted by atomic mass is 9.83. The molecule has 0 radical (unpaired) electrons. The third-order valence-electron chi connectivity index (χ3n) is 7.63. The van der Waals surface area contributed by atoms with Gasteiger partial charge in [-0.1, -0.05) is 54.6 Å². The number of hydrogen-bond donors (Lipinski definition) is 1. The topological polar surface area (TPSA) is 32.3 Å². The summed E-state index contributed by atoms with van der Waals surface area (Å²) in [4.78, 5) is 15.4. The summed E-state index contributed by atoms with van der Waals surface area (Å²) < 4.78 is 28.3. The molecule has 35 heavy (non-hydrogen) atoms. The highest BCUT2D eigenvalue weighted by atomic mass is 127. The first-order valence-corrected chi connectivity index (χ1v) is 11.9.